The molecular weight excluding hydrogens is 243 g/mol. The van der Waals surface area contributed by atoms with Crippen LogP contribution in [0.3, 0.4) is 0 Å². The molecule has 0 aromatic heterocycles. The van der Waals surface area contributed by atoms with Crippen LogP contribution in [0.2, 0.25) is 5.32 Å². The Morgan fingerprint density at radius 3 is 2.43 bits per heavy atom. The van der Waals surface area contributed by atoms with Gasteiger partial charge in [0.15, 0.2) is 0 Å². The summed E-state index contributed by atoms with van der Waals surface area (Å²) in [5.74, 6) is 0.160. The van der Waals surface area contributed by atoms with Crippen LogP contribution in [0, 0.1) is 0 Å². The third kappa shape index (κ3) is 3.86. The molecule has 0 radical (unpaired) electrons. The van der Waals surface area contributed by atoms with Gasteiger partial charge in [0, 0.05) is 0 Å². The van der Waals surface area contributed by atoms with Crippen molar-refractivity contribution in [3.63, 3.8) is 0 Å². The Labute approximate surface area is 89.9 Å². The normalized spacial score (nSPS) is 9.79. The molecule has 0 fully saturated rings. The van der Waals surface area contributed by atoms with Gasteiger partial charge in [0.1, 0.15) is 0 Å². The molecule has 2 nitrogen and oxygen atoms in total. The third-order valence-electron chi connectivity index (χ3n) is 1.70. The number of hydrogen-bond acceptors (Lipinski definition) is 2. The van der Waals surface area contributed by atoms with Crippen LogP contribution in [0.25, 0.3) is 0 Å². The van der Waals surface area contributed by atoms with Gasteiger partial charge >= 0.3 is 89.6 Å². The molecule has 0 saturated carbocycles. The van der Waals surface area contributed by atoms with E-state index in [0.717, 1.165) is 10.9 Å². The summed E-state index contributed by atoms with van der Waals surface area (Å²) in [7, 11) is 0. The number of carbonyl (C=O) groups excluding carboxylic acids is 2. The van der Waals surface area contributed by atoms with E-state index < -0.39 is 0 Å². The average Bonchev–Trinajstić information content (AvgIpc) is 2.18. The average molecular weight is 255 g/mol. The van der Waals surface area contributed by atoms with Crippen LogP contribution in [0.5, 0.6) is 0 Å². The van der Waals surface area contributed by atoms with Gasteiger partial charge in [-0.15, -0.1) is 0 Å². The van der Waals surface area contributed by atoms with Gasteiger partial charge in [0.2, 0.25) is 0 Å². The van der Waals surface area contributed by atoms with E-state index in [1.807, 2.05) is 30.3 Å². The van der Waals surface area contributed by atoms with Gasteiger partial charge < -0.3 is 0 Å². The molecule has 0 amide bonds. The van der Waals surface area contributed by atoms with Gasteiger partial charge in [0.05, 0.1) is 0 Å². The summed E-state index contributed by atoms with van der Waals surface area (Å²) in [5.41, 5.74) is 0.760. The Morgan fingerprint density at radius 1 is 1.21 bits per heavy atom. The number of carbonyl (C=O) groups is 2. The molecule has 0 aliphatic heterocycles. The van der Waals surface area contributed by atoms with Gasteiger partial charge in [-0.2, -0.15) is 0 Å². The van der Waals surface area contributed by atoms with Crippen molar-refractivity contribution in [1.82, 2.24) is 0 Å². The van der Waals surface area contributed by atoms with Gasteiger partial charge in [-0.1, -0.05) is 0 Å². The fraction of sp³-hybridized carbons (Fsp3) is 0.273. The van der Waals surface area contributed by atoms with E-state index in [9.17, 15) is 9.59 Å². The van der Waals surface area contributed by atoms with Crippen molar-refractivity contribution in [2.45, 2.75) is 18.7 Å². The Kier molecular flexibility index (Phi) is 4.57. The monoisotopic (exact) mass is 256 g/mol. The maximum atomic E-state index is 11.5. The molecule has 1 rings (SSSR count). The molecular formula is C11H12O2Se. The second-order valence-corrected chi connectivity index (χ2v) is 5.19. The zero-order valence-corrected chi connectivity index (χ0v) is 9.74. The van der Waals surface area contributed by atoms with Crippen LogP contribution in [0.15, 0.2) is 30.3 Å². The van der Waals surface area contributed by atoms with Crippen molar-refractivity contribution in [3.8, 4) is 0 Å². The molecule has 0 saturated heterocycles. The first-order chi connectivity index (χ1) is 6.70. The number of rotatable bonds is 5. The van der Waals surface area contributed by atoms with E-state index in [1.54, 1.807) is 6.92 Å². The molecule has 74 valence electrons. The van der Waals surface area contributed by atoms with Crippen molar-refractivity contribution in [3.05, 3.63) is 35.9 Å². The quantitative estimate of drug-likeness (QED) is 0.753. The molecule has 0 aliphatic rings. The van der Waals surface area contributed by atoms with E-state index in [-0.39, 0.29) is 25.4 Å². The van der Waals surface area contributed by atoms with Crippen LogP contribution >= 0.6 is 0 Å². The molecule has 0 spiro atoms. The molecule has 0 unspecified atom stereocenters. The van der Waals surface area contributed by atoms with Crippen LogP contribution < -0.4 is 0 Å². The number of hydrogen-bond donors (Lipinski definition) is 0. The van der Waals surface area contributed by atoms with Crippen LogP contribution in [-0.4, -0.2) is 25.4 Å². The Bertz CT molecular complexity index is 319. The van der Waals surface area contributed by atoms with E-state index in [0.29, 0.717) is 6.42 Å². The third-order valence-corrected chi connectivity index (χ3v) is 3.60. The molecule has 0 N–H and O–H groups in total. The second kappa shape index (κ2) is 5.74. The zero-order chi connectivity index (χ0) is 10.4. The minimum atomic E-state index is -0.0903. The Morgan fingerprint density at radius 2 is 1.86 bits per heavy atom. The second-order valence-electron chi connectivity index (χ2n) is 2.95. The SMILES string of the molecule is CC(=O)CC[Se]C(=O)c1ccccc1. The molecule has 1 aromatic carbocycles. The topological polar surface area (TPSA) is 34.1 Å². The molecule has 14 heavy (non-hydrogen) atoms. The summed E-state index contributed by atoms with van der Waals surface area (Å²) >= 11 is -0.0903. The summed E-state index contributed by atoms with van der Waals surface area (Å²) in [6, 6.07) is 9.23. The summed E-state index contributed by atoms with van der Waals surface area (Å²) in [5, 5.41) is 0.718. The van der Waals surface area contributed by atoms with Crippen LogP contribution in [0.4, 0.5) is 0 Å². The van der Waals surface area contributed by atoms with Gasteiger partial charge in [-0.3, -0.25) is 0 Å². The standard InChI is InChI=1S/C11H12O2Se/c1-9(12)7-8-14-11(13)10-5-3-2-4-6-10/h2-6H,7-8H2,1H3. The van der Waals surface area contributed by atoms with E-state index in [1.165, 1.54) is 0 Å². The zero-order valence-electron chi connectivity index (χ0n) is 8.03. The predicted octanol–water partition coefficient (Wildman–Crippen LogP) is 1.93. The first kappa shape index (κ1) is 11.2. The molecule has 3 heteroatoms. The van der Waals surface area contributed by atoms with E-state index in [4.69, 9.17) is 0 Å². The molecule has 1 aromatic rings. The maximum absolute atomic E-state index is 11.5. The van der Waals surface area contributed by atoms with Crippen molar-refractivity contribution in [1.29, 1.82) is 0 Å². The molecule has 0 atom stereocenters. The minimum absolute atomic E-state index is 0.0903. The first-order valence-electron chi connectivity index (χ1n) is 4.42. The fourth-order valence-electron chi connectivity index (χ4n) is 0.945. The summed E-state index contributed by atoms with van der Waals surface area (Å²) < 4.78 is 0.180. The van der Waals surface area contributed by atoms with Crippen molar-refractivity contribution >= 4 is 25.4 Å². The van der Waals surface area contributed by atoms with Gasteiger partial charge in [0.25, 0.3) is 0 Å². The molecule has 0 aliphatic carbocycles. The van der Waals surface area contributed by atoms with Crippen LogP contribution in [0.1, 0.15) is 23.7 Å². The fourth-order valence-corrected chi connectivity index (χ4v) is 2.79. The van der Waals surface area contributed by atoms with Crippen LogP contribution in [-0.2, 0) is 4.79 Å². The number of benzene rings is 1. The number of Topliss-reactive ketones (excluding diaryl/α,β-unsaturated/α-hetero) is 1. The summed E-state index contributed by atoms with van der Waals surface area (Å²) in [6.07, 6.45) is 0.526. The predicted molar refractivity (Wildman–Crippen MR) is 56.6 cm³/mol. The number of ketones is 1. The van der Waals surface area contributed by atoms with E-state index in [2.05, 4.69) is 0 Å². The summed E-state index contributed by atoms with van der Waals surface area (Å²) in [6.45, 7) is 1.56. The first-order valence-corrected chi connectivity index (χ1v) is 6.48. The van der Waals surface area contributed by atoms with Crippen molar-refractivity contribution in [2.75, 3.05) is 0 Å². The Hall–Kier alpha value is -0.921. The van der Waals surface area contributed by atoms with Crippen molar-refractivity contribution < 1.29 is 9.59 Å². The molecule has 0 heterocycles. The Balaban J connectivity index is 2.40. The van der Waals surface area contributed by atoms with Crippen molar-refractivity contribution in [2.24, 2.45) is 0 Å². The van der Waals surface area contributed by atoms with Gasteiger partial charge in [-0.25, -0.2) is 0 Å². The summed E-state index contributed by atoms with van der Waals surface area (Å²) in [4.78, 5) is 22.2. The van der Waals surface area contributed by atoms with E-state index >= 15 is 0 Å². The molecule has 0 bridgehead atoms. The van der Waals surface area contributed by atoms with Gasteiger partial charge in [-0.05, 0) is 0 Å².